The lowest BCUT2D eigenvalue weighted by molar-refractivity contribution is 0.343. The van der Waals surface area contributed by atoms with E-state index < -0.39 is 0 Å². The molecular formula is C13H25N3OS. The summed E-state index contributed by atoms with van der Waals surface area (Å²) in [6.07, 6.45) is 1.93. The lowest BCUT2D eigenvalue weighted by Crippen LogP contribution is -2.29. The fourth-order valence-corrected chi connectivity index (χ4v) is 2.36. The number of nitrogens with one attached hydrogen (secondary N) is 1. The monoisotopic (exact) mass is 271 g/mol. The minimum Gasteiger partial charge on any atom is -0.339 e. The lowest BCUT2D eigenvalue weighted by atomic mass is 10.0. The molecule has 1 N–H and O–H groups in total. The first-order valence-electron chi connectivity index (χ1n) is 6.61. The van der Waals surface area contributed by atoms with Crippen LogP contribution in [0.25, 0.3) is 0 Å². The van der Waals surface area contributed by atoms with Crippen molar-refractivity contribution in [2.24, 2.45) is 5.92 Å². The van der Waals surface area contributed by atoms with Crippen molar-refractivity contribution in [3.8, 4) is 0 Å². The van der Waals surface area contributed by atoms with Gasteiger partial charge in [0, 0.05) is 12.5 Å². The Labute approximate surface area is 114 Å². The summed E-state index contributed by atoms with van der Waals surface area (Å²) in [6.45, 7) is 8.79. The highest BCUT2D eigenvalue weighted by molar-refractivity contribution is 7.99. The van der Waals surface area contributed by atoms with Crippen molar-refractivity contribution in [2.45, 2.75) is 57.6 Å². The quantitative estimate of drug-likeness (QED) is 0.788. The van der Waals surface area contributed by atoms with Gasteiger partial charge in [-0.3, -0.25) is 0 Å². The second kappa shape index (κ2) is 7.79. The van der Waals surface area contributed by atoms with Gasteiger partial charge in [0.2, 0.25) is 5.89 Å². The van der Waals surface area contributed by atoms with Crippen molar-refractivity contribution in [3.63, 3.8) is 0 Å². The highest BCUT2D eigenvalue weighted by Crippen LogP contribution is 2.16. The van der Waals surface area contributed by atoms with E-state index in [1.54, 1.807) is 0 Å². The standard InChI is InChI=1S/C13H25N3OS/c1-9(2)6-11(14-5)7-13-15-12(16-17-13)8-18-10(3)4/h9-11,14H,6-8H2,1-5H3. The summed E-state index contributed by atoms with van der Waals surface area (Å²) in [5.41, 5.74) is 0. The number of aromatic nitrogens is 2. The Hall–Kier alpha value is -0.550. The molecule has 0 spiro atoms. The van der Waals surface area contributed by atoms with E-state index in [4.69, 9.17) is 4.52 Å². The zero-order valence-electron chi connectivity index (χ0n) is 12.1. The Morgan fingerprint density at radius 2 is 2.00 bits per heavy atom. The molecule has 0 fully saturated rings. The average Bonchev–Trinajstić information content (AvgIpc) is 2.72. The molecule has 0 saturated heterocycles. The smallest absolute Gasteiger partial charge is 0.228 e. The van der Waals surface area contributed by atoms with E-state index in [0.717, 1.165) is 30.3 Å². The highest BCUT2D eigenvalue weighted by Gasteiger charge is 2.14. The third-order valence-corrected chi connectivity index (χ3v) is 3.73. The van der Waals surface area contributed by atoms with Crippen LogP contribution < -0.4 is 5.32 Å². The molecule has 0 saturated carbocycles. The maximum atomic E-state index is 5.30. The molecule has 1 unspecified atom stereocenters. The van der Waals surface area contributed by atoms with Crippen molar-refractivity contribution < 1.29 is 4.52 Å². The van der Waals surface area contributed by atoms with Gasteiger partial charge >= 0.3 is 0 Å². The summed E-state index contributed by atoms with van der Waals surface area (Å²) in [5.74, 6) is 3.05. The van der Waals surface area contributed by atoms with Crippen molar-refractivity contribution >= 4 is 11.8 Å². The Morgan fingerprint density at radius 1 is 1.28 bits per heavy atom. The minimum atomic E-state index is 0.413. The zero-order chi connectivity index (χ0) is 13.5. The Balaban J connectivity index is 2.46. The number of nitrogens with zero attached hydrogens (tertiary/aromatic N) is 2. The molecule has 104 valence electrons. The summed E-state index contributed by atoms with van der Waals surface area (Å²) in [4.78, 5) is 4.44. The summed E-state index contributed by atoms with van der Waals surface area (Å²) >= 11 is 1.83. The van der Waals surface area contributed by atoms with Crippen molar-refractivity contribution in [2.75, 3.05) is 7.05 Å². The first kappa shape index (κ1) is 15.5. The van der Waals surface area contributed by atoms with Crippen LogP contribution >= 0.6 is 11.8 Å². The Bertz CT molecular complexity index is 339. The first-order chi connectivity index (χ1) is 8.51. The second-order valence-corrected chi connectivity index (χ2v) is 6.85. The van der Waals surface area contributed by atoms with Gasteiger partial charge in [-0.25, -0.2) is 0 Å². The van der Waals surface area contributed by atoms with E-state index >= 15 is 0 Å². The van der Waals surface area contributed by atoms with Crippen LogP contribution in [-0.4, -0.2) is 28.5 Å². The van der Waals surface area contributed by atoms with Gasteiger partial charge in [0.1, 0.15) is 0 Å². The van der Waals surface area contributed by atoms with Crippen LogP contribution in [0.5, 0.6) is 0 Å². The molecule has 1 aromatic heterocycles. The predicted octanol–water partition coefficient (Wildman–Crippen LogP) is 2.89. The van der Waals surface area contributed by atoms with Crippen LogP contribution in [0, 0.1) is 5.92 Å². The highest BCUT2D eigenvalue weighted by atomic mass is 32.2. The molecule has 0 aromatic carbocycles. The van der Waals surface area contributed by atoms with Gasteiger partial charge in [-0.2, -0.15) is 16.7 Å². The predicted molar refractivity (Wildman–Crippen MR) is 76.7 cm³/mol. The van der Waals surface area contributed by atoms with E-state index in [1.165, 1.54) is 0 Å². The number of rotatable bonds is 8. The van der Waals surface area contributed by atoms with Crippen LogP contribution in [0.15, 0.2) is 4.52 Å². The van der Waals surface area contributed by atoms with Gasteiger partial charge < -0.3 is 9.84 Å². The summed E-state index contributed by atoms with van der Waals surface area (Å²) < 4.78 is 5.30. The van der Waals surface area contributed by atoms with Crippen molar-refractivity contribution in [1.29, 1.82) is 0 Å². The molecule has 1 heterocycles. The molecule has 0 radical (unpaired) electrons. The normalized spacial score (nSPS) is 13.5. The number of thioether (sulfide) groups is 1. The molecule has 1 aromatic rings. The van der Waals surface area contributed by atoms with Gasteiger partial charge in [0.15, 0.2) is 5.82 Å². The molecule has 1 rings (SSSR count). The van der Waals surface area contributed by atoms with E-state index in [0.29, 0.717) is 17.2 Å². The topological polar surface area (TPSA) is 51.0 Å². The molecule has 0 bridgehead atoms. The van der Waals surface area contributed by atoms with Gasteiger partial charge in [-0.1, -0.05) is 32.9 Å². The Morgan fingerprint density at radius 3 is 2.56 bits per heavy atom. The molecule has 0 amide bonds. The van der Waals surface area contributed by atoms with Crippen LogP contribution in [-0.2, 0) is 12.2 Å². The molecule has 5 heteroatoms. The number of likely N-dealkylation sites (N-methyl/N-ethyl adjacent to an activating group) is 1. The Kier molecular flexibility index (Phi) is 6.71. The van der Waals surface area contributed by atoms with Gasteiger partial charge in [-0.05, 0) is 24.6 Å². The zero-order valence-corrected chi connectivity index (χ0v) is 12.9. The van der Waals surface area contributed by atoms with Crippen LogP contribution in [0.1, 0.15) is 45.8 Å². The third-order valence-electron chi connectivity index (χ3n) is 2.64. The molecule has 18 heavy (non-hydrogen) atoms. The maximum absolute atomic E-state index is 5.30. The van der Waals surface area contributed by atoms with Gasteiger partial charge in [-0.15, -0.1) is 0 Å². The number of hydrogen-bond acceptors (Lipinski definition) is 5. The summed E-state index contributed by atoms with van der Waals surface area (Å²) in [5, 5.41) is 7.92. The molecule has 0 aliphatic rings. The summed E-state index contributed by atoms with van der Waals surface area (Å²) in [7, 11) is 1.99. The average molecular weight is 271 g/mol. The van der Waals surface area contributed by atoms with Gasteiger partial charge in [0.05, 0.1) is 5.75 Å². The minimum absolute atomic E-state index is 0.413. The van der Waals surface area contributed by atoms with E-state index in [1.807, 2.05) is 18.8 Å². The molecule has 1 atom stereocenters. The second-order valence-electron chi connectivity index (χ2n) is 5.28. The van der Waals surface area contributed by atoms with E-state index in [9.17, 15) is 0 Å². The first-order valence-corrected chi connectivity index (χ1v) is 7.66. The molecule has 4 nitrogen and oxygen atoms in total. The summed E-state index contributed by atoms with van der Waals surface area (Å²) in [6, 6.07) is 0.413. The largest absolute Gasteiger partial charge is 0.339 e. The fraction of sp³-hybridized carbons (Fsp3) is 0.846. The maximum Gasteiger partial charge on any atom is 0.228 e. The fourth-order valence-electron chi connectivity index (χ4n) is 1.76. The van der Waals surface area contributed by atoms with Crippen molar-refractivity contribution in [3.05, 3.63) is 11.7 Å². The van der Waals surface area contributed by atoms with Crippen LogP contribution in [0.4, 0.5) is 0 Å². The molecular weight excluding hydrogens is 246 g/mol. The van der Waals surface area contributed by atoms with Gasteiger partial charge in [0.25, 0.3) is 0 Å². The molecule has 0 aliphatic carbocycles. The van der Waals surface area contributed by atoms with Crippen molar-refractivity contribution in [1.82, 2.24) is 15.5 Å². The lowest BCUT2D eigenvalue weighted by Gasteiger charge is -2.15. The van der Waals surface area contributed by atoms with E-state index in [-0.39, 0.29) is 0 Å². The third kappa shape index (κ3) is 5.87. The number of hydrogen-bond donors (Lipinski definition) is 1. The van der Waals surface area contributed by atoms with E-state index in [2.05, 4.69) is 43.2 Å². The molecule has 0 aliphatic heterocycles. The van der Waals surface area contributed by atoms with Crippen LogP contribution in [0.3, 0.4) is 0 Å². The van der Waals surface area contributed by atoms with Crippen LogP contribution in [0.2, 0.25) is 0 Å². The SMILES string of the molecule is CNC(Cc1nc(CSC(C)C)no1)CC(C)C.